The number of hydrogen-bond donors (Lipinski definition) is 2. The predicted octanol–water partition coefficient (Wildman–Crippen LogP) is 2.25. The number of nitrogens with two attached hydrogens (primary N) is 1. The first-order valence-corrected chi connectivity index (χ1v) is 9.85. The molecule has 1 unspecified atom stereocenters. The highest BCUT2D eigenvalue weighted by atomic mass is 19.3. The van der Waals surface area contributed by atoms with Gasteiger partial charge in [0.25, 0.3) is 0 Å². The number of alkyl halides is 2. The summed E-state index contributed by atoms with van der Waals surface area (Å²) in [5.74, 6) is -11.8. The molecule has 0 heterocycles. The molecule has 0 bridgehead atoms. The second-order valence-electron chi connectivity index (χ2n) is 7.93. The first-order chi connectivity index (χ1) is 13.2. The number of nitrogens with one attached hydrogen (secondary N) is 1. The van der Waals surface area contributed by atoms with Gasteiger partial charge in [-0.25, -0.2) is 4.79 Å². The van der Waals surface area contributed by atoms with Crippen LogP contribution in [0.2, 0.25) is 0 Å². The van der Waals surface area contributed by atoms with E-state index in [0.717, 1.165) is 7.11 Å². The fourth-order valence-corrected chi connectivity index (χ4v) is 2.66. The molecule has 0 rings (SSSR count). The Morgan fingerprint density at radius 2 is 1.55 bits per heavy atom. The van der Waals surface area contributed by atoms with Crippen molar-refractivity contribution in [2.24, 2.45) is 23.5 Å². The van der Waals surface area contributed by atoms with Crippen molar-refractivity contribution in [1.82, 2.24) is 5.32 Å². The molecule has 7 nitrogen and oxygen atoms in total. The zero-order valence-electron chi connectivity index (χ0n) is 18.3. The van der Waals surface area contributed by atoms with Gasteiger partial charge in [-0.15, -0.1) is 0 Å². The van der Waals surface area contributed by atoms with Crippen LogP contribution < -0.4 is 11.1 Å². The van der Waals surface area contributed by atoms with E-state index in [1.807, 2.05) is 0 Å². The number of rotatable bonds is 12. The van der Waals surface area contributed by atoms with Crippen LogP contribution in [0.3, 0.4) is 0 Å². The Kier molecular flexibility index (Phi) is 10.1. The molecular formula is C20H34F2N2O5. The second kappa shape index (κ2) is 10.8. The Bertz CT molecular complexity index is 624. The highest BCUT2D eigenvalue weighted by molar-refractivity contribution is 6.21. The van der Waals surface area contributed by atoms with Crippen LogP contribution in [0.5, 0.6) is 0 Å². The number of halogens is 2. The van der Waals surface area contributed by atoms with Gasteiger partial charge in [-0.05, 0) is 17.8 Å². The van der Waals surface area contributed by atoms with Crippen molar-refractivity contribution in [2.75, 3.05) is 7.11 Å². The third-order valence-electron chi connectivity index (χ3n) is 5.48. The Balaban J connectivity index is 5.94. The standard InChI is InChI=1S/C20H34F2N2O5/c1-8-12(5)10-14(25)20(21,22)17(27)19(23,11(3)4)18(28)24-15(13(6)9-2)16(26)29-7/h11-13,15H,8-10,23H2,1-7H3,(H,24,28)/t12?,13-,15-,19+/m0/s1. The van der Waals surface area contributed by atoms with Crippen LogP contribution in [0, 0.1) is 17.8 Å². The number of ether oxygens (including phenoxy) is 1. The molecule has 9 heteroatoms. The molecule has 3 N–H and O–H groups in total. The largest absolute Gasteiger partial charge is 0.467 e. The molecular weight excluding hydrogens is 386 g/mol. The van der Waals surface area contributed by atoms with Gasteiger partial charge >= 0.3 is 11.9 Å². The normalized spacial score (nSPS) is 17.1. The Hall–Kier alpha value is -1.90. The van der Waals surface area contributed by atoms with E-state index in [0.29, 0.717) is 12.8 Å². The van der Waals surface area contributed by atoms with E-state index in [1.165, 1.54) is 13.8 Å². The van der Waals surface area contributed by atoms with Crippen LogP contribution in [0.25, 0.3) is 0 Å². The van der Waals surface area contributed by atoms with Crippen LogP contribution in [-0.4, -0.2) is 48.1 Å². The lowest BCUT2D eigenvalue weighted by atomic mass is 9.78. The van der Waals surface area contributed by atoms with Gasteiger partial charge in [0, 0.05) is 6.42 Å². The smallest absolute Gasteiger partial charge is 0.364 e. The van der Waals surface area contributed by atoms with E-state index in [-0.39, 0.29) is 5.92 Å². The van der Waals surface area contributed by atoms with Crippen LogP contribution >= 0.6 is 0 Å². The van der Waals surface area contributed by atoms with E-state index in [2.05, 4.69) is 10.1 Å². The number of hydrogen-bond acceptors (Lipinski definition) is 6. The number of methoxy groups -OCH3 is 1. The molecule has 0 aromatic rings. The maximum atomic E-state index is 14.7. The molecule has 0 saturated heterocycles. The van der Waals surface area contributed by atoms with Crippen molar-refractivity contribution >= 4 is 23.4 Å². The summed E-state index contributed by atoms with van der Waals surface area (Å²) in [4.78, 5) is 49.6. The number of carbonyl (C=O) groups excluding carboxylic acids is 4. The Morgan fingerprint density at radius 1 is 1.03 bits per heavy atom. The van der Waals surface area contributed by atoms with Crippen molar-refractivity contribution in [1.29, 1.82) is 0 Å². The predicted molar refractivity (Wildman–Crippen MR) is 104 cm³/mol. The lowest BCUT2D eigenvalue weighted by Crippen LogP contribution is -2.69. The average molecular weight is 420 g/mol. The highest BCUT2D eigenvalue weighted by Gasteiger charge is 2.59. The summed E-state index contributed by atoms with van der Waals surface area (Å²) in [5, 5.41) is 2.28. The first kappa shape index (κ1) is 27.1. The van der Waals surface area contributed by atoms with Crippen molar-refractivity contribution < 1.29 is 32.7 Å². The molecule has 29 heavy (non-hydrogen) atoms. The summed E-state index contributed by atoms with van der Waals surface area (Å²) in [6.45, 7) is 9.40. The maximum absolute atomic E-state index is 14.7. The van der Waals surface area contributed by atoms with Crippen molar-refractivity contribution in [3.8, 4) is 0 Å². The van der Waals surface area contributed by atoms with Gasteiger partial charge in [-0.1, -0.05) is 54.4 Å². The maximum Gasteiger partial charge on any atom is 0.364 e. The number of amides is 1. The van der Waals surface area contributed by atoms with E-state index >= 15 is 0 Å². The van der Waals surface area contributed by atoms with Gasteiger partial charge < -0.3 is 15.8 Å². The minimum atomic E-state index is -4.42. The molecule has 168 valence electrons. The highest BCUT2D eigenvalue weighted by Crippen LogP contribution is 2.30. The number of carbonyl (C=O) groups is 4. The minimum Gasteiger partial charge on any atom is -0.467 e. The van der Waals surface area contributed by atoms with Crippen molar-refractivity contribution in [3.05, 3.63) is 0 Å². The van der Waals surface area contributed by atoms with Gasteiger partial charge in [0.2, 0.25) is 17.5 Å². The third-order valence-corrected chi connectivity index (χ3v) is 5.48. The fraction of sp³-hybridized carbons (Fsp3) is 0.800. The Morgan fingerprint density at radius 3 is 1.93 bits per heavy atom. The van der Waals surface area contributed by atoms with Crippen LogP contribution in [0.4, 0.5) is 8.78 Å². The topological polar surface area (TPSA) is 116 Å². The van der Waals surface area contributed by atoms with Gasteiger partial charge in [0.1, 0.15) is 6.04 Å². The number of esters is 1. The van der Waals surface area contributed by atoms with E-state index in [4.69, 9.17) is 5.73 Å². The van der Waals surface area contributed by atoms with Gasteiger partial charge in [0.05, 0.1) is 7.11 Å². The van der Waals surface area contributed by atoms with Crippen LogP contribution in [-0.2, 0) is 23.9 Å². The molecule has 0 aliphatic heterocycles. The molecule has 0 aliphatic carbocycles. The molecule has 0 aromatic heterocycles. The number of Topliss-reactive ketones (excluding diaryl/α,β-unsaturated/α-hetero) is 2. The molecule has 0 aromatic carbocycles. The van der Waals surface area contributed by atoms with Gasteiger partial charge in [-0.2, -0.15) is 8.78 Å². The van der Waals surface area contributed by atoms with Crippen LogP contribution in [0.15, 0.2) is 0 Å². The molecule has 0 spiro atoms. The summed E-state index contributed by atoms with van der Waals surface area (Å²) in [7, 11) is 1.12. The van der Waals surface area contributed by atoms with E-state index in [1.54, 1.807) is 27.7 Å². The van der Waals surface area contributed by atoms with E-state index < -0.39 is 59.2 Å². The summed E-state index contributed by atoms with van der Waals surface area (Å²) >= 11 is 0. The monoisotopic (exact) mass is 420 g/mol. The molecule has 0 fully saturated rings. The summed E-state index contributed by atoms with van der Waals surface area (Å²) < 4.78 is 34.0. The lowest BCUT2D eigenvalue weighted by Gasteiger charge is -2.35. The lowest BCUT2D eigenvalue weighted by molar-refractivity contribution is -0.165. The minimum absolute atomic E-state index is 0.352. The number of ketones is 2. The third kappa shape index (κ3) is 6.04. The fourth-order valence-electron chi connectivity index (χ4n) is 2.66. The molecule has 4 atom stereocenters. The summed E-state index contributed by atoms with van der Waals surface area (Å²) in [6.07, 6.45) is 0.434. The van der Waals surface area contributed by atoms with Crippen LogP contribution in [0.1, 0.15) is 60.8 Å². The summed E-state index contributed by atoms with van der Waals surface area (Å²) in [6, 6.07) is -1.17. The quantitative estimate of drug-likeness (QED) is 0.370. The Labute approximate surface area is 171 Å². The molecule has 0 aliphatic rings. The van der Waals surface area contributed by atoms with Crippen molar-refractivity contribution in [3.63, 3.8) is 0 Å². The second-order valence-corrected chi connectivity index (χ2v) is 7.93. The van der Waals surface area contributed by atoms with Gasteiger partial charge in [0.15, 0.2) is 5.54 Å². The molecule has 1 amide bonds. The zero-order chi connectivity index (χ0) is 23.2. The summed E-state index contributed by atoms with van der Waals surface area (Å²) in [5.41, 5.74) is 3.20. The zero-order valence-corrected chi connectivity index (χ0v) is 18.3. The van der Waals surface area contributed by atoms with E-state index in [9.17, 15) is 28.0 Å². The van der Waals surface area contributed by atoms with Gasteiger partial charge in [-0.3, -0.25) is 14.4 Å². The SMILES string of the molecule is CCC(C)CC(=O)C(F)(F)C(=O)[C@@](N)(C(=O)N[C@H](C(=O)OC)[C@@H](C)CC)C(C)C. The average Bonchev–Trinajstić information content (AvgIpc) is 2.68. The first-order valence-electron chi connectivity index (χ1n) is 9.85. The molecule has 0 saturated carbocycles. The molecule has 0 radical (unpaired) electrons. The van der Waals surface area contributed by atoms with Crippen molar-refractivity contribution in [2.45, 2.75) is 78.3 Å².